The Bertz CT molecular complexity index is 762. The minimum Gasteiger partial charge on any atom is -0.379 e. The zero-order valence-electron chi connectivity index (χ0n) is 15.3. The second-order valence-corrected chi connectivity index (χ2v) is 7.81. The third kappa shape index (κ3) is 3.17. The molecule has 0 atom stereocenters. The van der Waals surface area contributed by atoms with Crippen LogP contribution in [0.4, 0.5) is 5.82 Å². The van der Waals surface area contributed by atoms with Crippen molar-refractivity contribution in [3.8, 4) is 0 Å². The van der Waals surface area contributed by atoms with Gasteiger partial charge in [-0.15, -0.1) is 15.3 Å². The Morgan fingerprint density at radius 2 is 1.88 bits per heavy atom. The molecule has 2 aliphatic heterocycles. The predicted octanol–water partition coefficient (Wildman–Crippen LogP) is 0.785. The van der Waals surface area contributed by atoms with Gasteiger partial charge in [0.25, 0.3) is 0 Å². The molecule has 0 N–H and O–H groups in total. The van der Waals surface area contributed by atoms with Gasteiger partial charge in [0.05, 0.1) is 26.4 Å². The molecule has 0 aromatic carbocycles. The number of rotatable bonds is 5. The van der Waals surface area contributed by atoms with Gasteiger partial charge in [0.15, 0.2) is 11.5 Å². The van der Waals surface area contributed by atoms with Crippen molar-refractivity contribution < 1.29 is 9.47 Å². The van der Waals surface area contributed by atoms with Crippen LogP contribution in [0.1, 0.15) is 24.6 Å². The normalized spacial score (nSPS) is 22.8. The van der Waals surface area contributed by atoms with Crippen LogP contribution in [-0.4, -0.2) is 83.9 Å². The van der Waals surface area contributed by atoms with E-state index in [0.29, 0.717) is 17.9 Å². The lowest BCUT2D eigenvalue weighted by atomic mass is 10.1. The fourth-order valence-corrected chi connectivity index (χ4v) is 3.81. The van der Waals surface area contributed by atoms with Crippen LogP contribution in [0.15, 0.2) is 12.1 Å². The number of fused-ring (bicyclic) bond motifs is 1. The molecule has 26 heavy (non-hydrogen) atoms. The van der Waals surface area contributed by atoms with Crippen LogP contribution in [0.3, 0.4) is 0 Å². The molecule has 5 rings (SSSR count). The number of nitrogens with zero attached hydrogens (tertiary/aromatic N) is 6. The largest absolute Gasteiger partial charge is 0.379 e. The zero-order chi connectivity index (χ0) is 17.5. The van der Waals surface area contributed by atoms with Gasteiger partial charge in [0.2, 0.25) is 0 Å². The van der Waals surface area contributed by atoms with E-state index in [1.54, 1.807) is 0 Å². The highest BCUT2D eigenvalue weighted by Crippen LogP contribution is 2.38. The molecule has 0 bridgehead atoms. The summed E-state index contributed by atoms with van der Waals surface area (Å²) in [6, 6.07) is 4.64. The van der Waals surface area contributed by atoms with E-state index in [-0.39, 0.29) is 0 Å². The van der Waals surface area contributed by atoms with Crippen molar-refractivity contribution in [2.45, 2.75) is 24.8 Å². The Hall–Kier alpha value is -1.77. The maximum absolute atomic E-state index is 5.61. The van der Waals surface area contributed by atoms with E-state index in [4.69, 9.17) is 14.6 Å². The van der Waals surface area contributed by atoms with Gasteiger partial charge in [0.1, 0.15) is 5.82 Å². The van der Waals surface area contributed by atoms with Gasteiger partial charge >= 0.3 is 0 Å². The molecule has 0 radical (unpaired) electrons. The quantitative estimate of drug-likeness (QED) is 0.782. The second-order valence-electron chi connectivity index (χ2n) is 7.81. The highest BCUT2D eigenvalue weighted by molar-refractivity contribution is 5.48. The number of aromatic nitrogens is 4. The third-order valence-corrected chi connectivity index (χ3v) is 5.65. The summed E-state index contributed by atoms with van der Waals surface area (Å²) in [6.45, 7) is 6.07. The molecule has 140 valence electrons. The summed E-state index contributed by atoms with van der Waals surface area (Å²) in [5.41, 5.74) is 0.846. The number of hydrogen-bond donors (Lipinski definition) is 0. The van der Waals surface area contributed by atoms with Gasteiger partial charge < -0.3 is 14.4 Å². The maximum Gasteiger partial charge on any atom is 0.178 e. The Kier molecular flexibility index (Phi) is 4.26. The zero-order valence-corrected chi connectivity index (χ0v) is 15.3. The molecular weight excluding hydrogens is 332 g/mol. The first-order valence-corrected chi connectivity index (χ1v) is 9.61. The molecular formula is C18H26N6O2. The summed E-state index contributed by atoms with van der Waals surface area (Å²) in [4.78, 5) is 4.77. The van der Waals surface area contributed by atoms with Crippen LogP contribution in [-0.2, 0) is 9.47 Å². The van der Waals surface area contributed by atoms with Gasteiger partial charge in [-0.1, -0.05) is 0 Å². The summed E-state index contributed by atoms with van der Waals surface area (Å²) < 4.78 is 13.2. The van der Waals surface area contributed by atoms with Crippen molar-refractivity contribution in [2.75, 3.05) is 58.0 Å². The van der Waals surface area contributed by atoms with Gasteiger partial charge in [-0.3, -0.25) is 4.90 Å². The Morgan fingerprint density at radius 1 is 1.12 bits per heavy atom. The average molecular weight is 358 g/mol. The molecule has 0 unspecified atom stereocenters. The van der Waals surface area contributed by atoms with Crippen molar-refractivity contribution in [2.24, 2.45) is 5.92 Å². The van der Waals surface area contributed by atoms with Gasteiger partial charge in [-0.05, 0) is 32.0 Å². The first-order chi connectivity index (χ1) is 12.8. The Labute approximate surface area is 153 Å². The highest BCUT2D eigenvalue weighted by Gasteiger charge is 2.33. The summed E-state index contributed by atoms with van der Waals surface area (Å²) in [5.74, 6) is 3.05. The van der Waals surface area contributed by atoms with Crippen molar-refractivity contribution in [3.63, 3.8) is 0 Å². The predicted molar refractivity (Wildman–Crippen MR) is 96.5 cm³/mol. The first kappa shape index (κ1) is 16.4. The second kappa shape index (κ2) is 6.75. The molecule has 8 nitrogen and oxygen atoms in total. The van der Waals surface area contributed by atoms with Gasteiger partial charge in [-0.2, -0.15) is 4.52 Å². The molecule has 3 fully saturated rings. The monoisotopic (exact) mass is 358 g/mol. The number of likely N-dealkylation sites (N-methyl/N-ethyl adjacent to an activating group) is 1. The first-order valence-electron chi connectivity index (χ1n) is 9.61. The Balaban J connectivity index is 1.20. The number of anilines is 1. The van der Waals surface area contributed by atoms with Crippen molar-refractivity contribution in [1.29, 1.82) is 0 Å². The topological polar surface area (TPSA) is 68.0 Å². The van der Waals surface area contributed by atoms with E-state index >= 15 is 0 Å². The molecule has 2 aromatic heterocycles. The van der Waals surface area contributed by atoms with Crippen molar-refractivity contribution >= 4 is 11.5 Å². The van der Waals surface area contributed by atoms with E-state index < -0.39 is 0 Å². The standard InChI is InChI=1S/C18H26N6O2/c1-22(8-13-11-25-6-7-26-12-13)15-9-23(10-15)17-5-4-16-19-20-18(14-2-3-14)24(16)21-17/h4-5,13-15H,2-3,6-12H2,1H3. The molecule has 0 spiro atoms. The third-order valence-electron chi connectivity index (χ3n) is 5.65. The van der Waals surface area contributed by atoms with E-state index in [9.17, 15) is 0 Å². The average Bonchev–Trinajstić information content (AvgIpc) is 3.39. The van der Waals surface area contributed by atoms with E-state index in [0.717, 1.165) is 63.4 Å². The summed E-state index contributed by atoms with van der Waals surface area (Å²) in [6.07, 6.45) is 2.41. The lowest BCUT2D eigenvalue weighted by molar-refractivity contribution is 0.0917. The highest BCUT2D eigenvalue weighted by atomic mass is 16.5. The van der Waals surface area contributed by atoms with Crippen molar-refractivity contribution in [3.05, 3.63) is 18.0 Å². The summed E-state index contributed by atoms with van der Waals surface area (Å²) in [5, 5.41) is 13.4. The lowest BCUT2D eigenvalue weighted by Gasteiger charge is -2.45. The van der Waals surface area contributed by atoms with Crippen molar-refractivity contribution in [1.82, 2.24) is 24.7 Å². The SMILES string of the molecule is CN(CC1COCCOC1)C1CN(c2ccc3nnc(C4CC4)n3n2)C1. The summed E-state index contributed by atoms with van der Waals surface area (Å²) >= 11 is 0. The molecule has 1 saturated carbocycles. The minimum atomic E-state index is 0.462. The van der Waals surface area contributed by atoms with Crippen LogP contribution in [0.5, 0.6) is 0 Å². The minimum absolute atomic E-state index is 0.462. The smallest absolute Gasteiger partial charge is 0.178 e. The molecule has 3 aliphatic rings. The van der Waals surface area contributed by atoms with Crippen LogP contribution in [0.25, 0.3) is 5.65 Å². The van der Waals surface area contributed by atoms with E-state index in [2.05, 4.69) is 33.1 Å². The molecule has 2 saturated heterocycles. The molecule has 0 amide bonds. The molecule has 2 aromatic rings. The van der Waals surface area contributed by atoms with E-state index in [1.165, 1.54) is 12.8 Å². The number of ether oxygens (including phenoxy) is 2. The van der Waals surface area contributed by atoms with Crippen LogP contribution in [0.2, 0.25) is 0 Å². The molecule has 4 heterocycles. The van der Waals surface area contributed by atoms with E-state index in [1.807, 2.05) is 10.6 Å². The fraction of sp³-hybridized carbons (Fsp3) is 0.722. The van der Waals surface area contributed by atoms with Crippen LogP contribution >= 0.6 is 0 Å². The van der Waals surface area contributed by atoms with Gasteiger partial charge in [-0.25, -0.2) is 0 Å². The summed E-state index contributed by atoms with van der Waals surface area (Å²) in [7, 11) is 2.20. The lowest BCUT2D eigenvalue weighted by Crippen LogP contribution is -2.59. The number of hydrogen-bond acceptors (Lipinski definition) is 7. The molecule has 1 aliphatic carbocycles. The Morgan fingerprint density at radius 3 is 2.62 bits per heavy atom. The van der Waals surface area contributed by atoms with Crippen LogP contribution < -0.4 is 4.90 Å². The van der Waals surface area contributed by atoms with Gasteiger partial charge in [0, 0.05) is 37.5 Å². The fourth-order valence-electron chi connectivity index (χ4n) is 3.81. The maximum atomic E-state index is 5.61. The van der Waals surface area contributed by atoms with Crippen LogP contribution in [0, 0.1) is 5.92 Å². The molecule has 8 heteroatoms.